The molecule has 8 rings (SSSR count). The summed E-state index contributed by atoms with van der Waals surface area (Å²) in [5.74, 6) is 1.42. The van der Waals surface area contributed by atoms with Crippen molar-refractivity contribution in [3.63, 3.8) is 0 Å². The lowest BCUT2D eigenvalue weighted by atomic mass is 9.82. The molecule has 0 bridgehead atoms. The molecule has 1 aromatic heterocycles. The maximum absolute atomic E-state index is 6.35. The Morgan fingerprint density at radius 1 is 0.389 bits per heavy atom. The van der Waals surface area contributed by atoms with E-state index in [4.69, 9.17) is 4.42 Å². The molecule has 0 aliphatic carbocycles. The summed E-state index contributed by atoms with van der Waals surface area (Å²) in [5, 5.41) is 7.61. The number of hydrogen-bond donors (Lipinski definition) is 0. The van der Waals surface area contributed by atoms with Gasteiger partial charge < -0.3 is 4.42 Å². The average molecular weight is 707 g/mol. The summed E-state index contributed by atoms with van der Waals surface area (Å²) in [7, 11) is 0. The van der Waals surface area contributed by atoms with Gasteiger partial charge >= 0.3 is 0 Å². The van der Waals surface area contributed by atoms with Gasteiger partial charge in [0.2, 0.25) is 0 Å². The molecule has 0 fully saturated rings. The topological polar surface area (TPSA) is 13.1 Å². The van der Waals surface area contributed by atoms with E-state index in [0.717, 1.165) is 21.9 Å². The predicted molar refractivity (Wildman–Crippen MR) is 235 cm³/mol. The first-order valence-corrected chi connectivity index (χ1v) is 19.9. The van der Waals surface area contributed by atoms with Gasteiger partial charge in [0.25, 0.3) is 0 Å². The molecule has 272 valence electrons. The molecule has 0 spiro atoms. The van der Waals surface area contributed by atoms with E-state index in [9.17, 15) is 0 Å². The molecule has 1 heteroatoms. The molecule has 0 saturated carbocycles. The molecule has 0 N–H and O–H groups in total. The van der Waals surface area contributed by atoms with Gasteiger partial charge in [0.05, 0.1) is 0 Å². The Morgan fingerprint density at radius 3 is 1.30 bits per heavy atom. The Bertz CT molecular complexity index is 2720. The van der Waals surface area contributed by atoms with Crippen LogP contribution in [0.15, 0.2) is 114 Å². The molecular weight excluding hydrogens is 653 g/mol. The van der Waals surface area contributed by atoms with Gasteiger partial charge in [-0.05, 0) is 162 Å². The van der Waals surface area contributed by atoms with Gasteiger partial charge in [-0.1, -0.05) is 135 Å². The van der Waals surface area contributed by atoms with Crippen LogP contribution in [-0.2, 0) is 5.41 Å². The Hall–Kier alpha value is -5.14. The molecule has 0 aliphatic rings. The molecule has 0 saturated heterocycles. The van der Waals surface area contributed by atoms with Gasteiger partial charge in [-0.25, -0.2) is 0 Å². The second-order valence-corrected chi connectivity index (χ2v) is 17.7. The van der Waals surface area contributed by atoms with Crippen LogP contribution < -0.4 is 0 Å². The standard InChI is InChI=1S/C53H54O/c1-30(2)43-28-45(32(5)6)48(29-44(43)31(3)4)39-15-21-42-33(7)46-24-37(14-20-41(46)34(8)47(42)27-39)38-17-23-52-50(26-38)49-25-36(16-22-51(49)54-52)35-12-18-40(19-13-35)53(9,10)11/h12-32H,1-11H3. The SMILES string of the molecule is Cc1c2ccc(-c3cc(C(C)C)c(C(C)C)cc3C(C)C)cc2c(C)c2ccc(-c3ccc4oc5ccc(-c6ccc(C(C)(C)C)cc6)cc5c4c3)cc12. The van der Waals surface area contributed by atoms with Gasteiger partial charge in [-0.15, -0.1) is 0 Å². The molecule has 7 aromatic carbocycles. The fraction of sp³-hybridized carbons (Fsp3) is 0.283. The highest BCUT2D eigenvalue weighted by molar-refractivity contribution is 6.10. The van der Waals surface area contributed by atoms with Crippen molar-refractivity contribution in [2.75, 3.05) is 0 Å². The lowest BCUT2D eigenvalue weighted by molar-refractivity contribution is 0.590. The highest BCUT2D eigenvalue weighted by Crippen LogP contribution is 2.42. The van der Waals surface area contributed by atoms with E-state index < -0.39 is 0 Å². The van der Waals surface area contributed by atoms with Crippen LogP contribution in [0.5, 0.6) is 0 Å². The van der Waals surface area contributed by atoms with Crippen LogP contribution in [-0.4, -0.2) is 0 Å². The second-order valence-electron chi connectivity index (χ2n) is 17.7. The molecule has 0 amide bonds. The number of furan rings is 1. The first kappa shape index (κ1) is 35.9. The van der Waals surface area contributed by atoms with E-state index in [-0.39, 0.29) is 5.41 Å². The Labute approximate surface area is 322 Å². The van der Waals surface area contributed by atoms with Crippen molar-refractivity contribution in [1.82, 2.24) is 0 Å². The van der Waals surface area contributed by atoms with Crippen LogP contribution in [0, 0.1) is 13.8 Å². The molecular formula is C53H54O. The highest BCUT2D eigenvalue weighted by Gasteiger charge is 2.20. The predicted octanol–water partition coefficient (Wildman–Crippen LogP) is 16.2. The van der Waals surface area contributed by atoms with Crippen molar-refractivity contribution in [3.05, 3.63) is 143 Å². The van der Waals surface area contributed by atoms with Gasteiger partial charge in [-0.3, -0.25) is 0 Å². The van der Waals surface area contributed by atoms with Crippen LogP contribution in [0.3, 0.4) is 0 Å². The largest absolute Gasteiger partial charge is 0.456 e. The minimum atomic E-state index is 0.131. The molecule has 1 nitrogen and oxygen atoms in total. The normalized spacial score (nSPS) is 12.5. The third-order valence-electron chi connectivity index (χ3n) is 12.0. The van der Waals surface area contributed by atoms with Crippen LogP contribution in [0.25, 0.3) is 76.9 Å². The Balaban J connectivity index is 1.21. The van der Waals surface area contributed by atoms with Crippen molar-refractivity contribution in [2.45, 2.75) is 99.3 Å². The van der Waals surface area contributed by atoms with Gasteiger partial charge in [0.1, 0.15) is 11.2 Å². The van der Waals surface area contributed by atoms with Gasteiger partial charge in [0.15, 0.2) is 0 Å². The van der Waals surface area contributed by atoms with Crippen molar-refractivity contribution >= 4 is 43.5 Å². The van der Waals surface area contributed by atoms with Crippen LogP contribution >= 0.6 is 0 Å². The van der Waals surface area contributed by atoms with Crippen molar-refractivity contribution in [1.29, 1.82) is 0 Å². The van der Waals surface area contributed by atoms with Crippen LogP contribution in [0.1, 0.15) is 113 Å². The molecule has 8 aromatic rings. The van der Waals surface area contributed by atoms with E-state index in [1.165, 1.54) is 88.3 Å². The van der Waals surface area contributed by atoms with Gasteiger partial charge in [0, 0.05) is 10.8 Å². The zero-order valence-corrected chi connectivity index (χ0v) is 34.0. The quantitative estimate of drug-likeness (QED) is 0.157. The zero-order valence-electron chi connectivity index (χ0n) is 34.0. The molecule has 0 atom stereocenters. The average Bonchev–Trinajstić information content (AvgIpc) is 3.53. The molecule has 0 unspecified atom stereocenters. The first-order valence-electron chi connectivity index (χ1n) is 19.9. The third kappa shape index (κ3) is 6.12. The first-order chi connectivity index (χ1) is 25.7. The lowest BCUT2D eigenvalue weighted by Gasteiger charge is -2.23. The molecule has 0 aliphatic heterocycles. The fourth-order valence-corrected chi connectivity index (χ4v) is 8.68. The monoisotopic (exact) mass is 706 g/mol. The fourth-order valence-electron chi connectivity index (χ4n) is 8.68. The number of fused-ring (bicyclic) bond motifs is 5. The minimum Gasteiger partial charge on any atom is -0.456 e. The summed E-state index contributed by atoms with van der Waals surface area (Å²) < 4.78 is 6.35. The maximum atomic E-state index is 6.35. The van der Waals surface area contributed by atoms with E-state index in [2.05, 4.69) is 185 Å². The smallest absolute Gasteiger partial charge is 0.135 e. The summed E-state index contributed by atoms with van der Waals surface area (Å²) >= 11 is 0. The van der Waals surface area contributed by atoms with E-state index in [1.807, 2.05) is 0 Å². The summed E-state index contributed by atoms with van der Waals surface area (Å²) in [6, 6.07) is 41.4. The van der Waals surface area contributed by atoms with Crippen molar-refractivity contribution in [3.8, 4) is 33.4 Å². The van der Waals surface area contributed by atoms with Gasteiger partial charge in [-0.2, -0.15) is 0 Å². The summed E-state index contributed by atoms with van der Waals surface area (Å²) in [6.45, 7) is 25.3. The third-order valence-corrected chi connectivity index (χ3v) is 12.0. The van der Waals surface area contributed by atoms with E-state index >= 15 is 0 Å². The van der Waals surface area contributed by atoms with E-state index in [1.54, 1.807) is 0 Å². The van der Waals surface area contributed by atoms with Crippen molar-refractivity contribution < 1.29 is 4.42 Å². The van der Waals surface area contributed by atoms with E-state index in [0.29, 0.717) is 17.8 Å². The molecule has 1 heterocycles. The molecule has 54 heavy (non-hydrogen) atoms. The molecule has 0 radical (unpaired) electrons. The summed E-state index contributed by atoms with van der Waals surface area (Å²) in [5.41, 5.74) is 17.9. The summed E-state index contributed by atoms with van der Waals surface area (Å²) in [4.78, 5) is 0. The number of rotatable bonds is 6. The Morgan fingerprint density at radius 2 is 0.796 bits per heavy atom. The number of hydrogen-bond acceptors (Lipinski definition) is 1. The zero-order chi connectivity index (χ0) is 38.2. The van der Waals surface area contributed by atoms with Crippen LogP contribution in [0.2, 0.25) is 0 Å². The maximum Gasteiger partial charge on any atom is 0.135 e. The number of aryl methyl sites for hydroxylation is 2. The minimum absolute atomic E-state index is 0.131. The second kappa shape index (κ2) is 13.3. The lowest BCUT2D eigenvalue weighted by Crippen LogP contribution is -2.10. The highest BCUT2D eigenvalue weighted by atomic mass is 16.3. The van der Waals surface area contributed by atoms with Crippen molar-refractivity contribution in [2.24, 2.45) is 0 Å². The summed E-state index contributed by atoms with van der Waals surface area (Å²) in [6.07, 6.45) is 0. The Kier molecular flexibility index (Phi) is 8.84. The van der Waals surface area contributed by atoms with Crippen LogP contribution in [0.4, 0.5) is 0 Å². The number of benzene rings is 7.